The smallest absolute Gasteiger partial charge is 1.00 e. The summed E-state index contributed by atoms with van der Waals surface area (Å²) in [6.45, 7) is 8.57. The second-order valence-corrected chi connectivity index (χ2v) is 3.15. The van der Waals surface area contributed by atoms with Crippen LogP contribution in [-0.2, 0) is 16.8 Å². The quantitative estimate of drug-likeness (QED) is 0.239. The molecule has 1 aliphatic heterocycles. The molecule has 0 atom stereocenters. The summed E-state index contributed by atoms with van der Waals surface area (Å²) < 4.78 is 0. The van der Waals surface area contributed by atoms with Crippen molar-refractivity contribution in [2.24, 2.45) is 10.7 Å². The fraction of sp³-hybridized carbons (Fsp3) is 1.00. The summed E-state index contributed by atoms with van der Waals surface area (Å²) in [5.74, 6) is 0. The van der Waals surface area contributed by atoms with Gasteiger partial charge < -0.3 is 59.4 Å². The van der Waals surface area contributed by atoms with Crippen molar-refractivity contribution >= 4 is 0 Å². The van der Waals surface area contributed by atoms with E-state index in [9.17, 15) is 0 Å². The first kappa shape index (κ1) is 32.4. The summed E-state index contributed by atoms with van der Waals surface area (Å²) in [6.07, 6.45) is 0. The van der Waals surface area contributed by atoms with Gasteiger partial charge >= 0.3 is 16.8 Å². The van der Waals surface area contributed by atoms with Crippen LogP contribution in [0.15, 0.2) is 10.7 Å². The van der Waals surface area contributed by atoms with Crippen molar-refractivity contribution in [2.75, 3.05) is 52.4 Å². The average Bonchev–Trinajstić information content (AvgIpc) is 2.31. The molecule has 1 rings (SSSR count). The van der Waals surface area contributed by atoms with Crippen LogP contribution in [0.4, 0.5) is 0 Å². The molecule has 0 saturated carbocycles. The molecule has 1 saturated heterocycles. The Kier molecular flexibility index (Phi) is 56.4. The molecule has 11 nitrogen and oxygen atoms in total. The van der Waals surface area contributed by atoms with Crippen molar-refractivity contribution < 1.29 is 34.7 Å². The van der Waals surface area contributed by atoms with E-state index >= 15 is 0 Å². The maximum atomic E-state index is 8.00. The second kappa shape index (κ2) is 36.6. The third-order valence-electron chi connectivity index (χ3n) is 1.91. The van der Waals surface area contributed by atoms with E-state index < -0.39 is 0 Å². The van der Waals surface area contributed by atoms with Crippen LogP contribution in [0.1, 0.15) is 0 Å². The van der Waals surface area contributed by atoms with Crippen LogP contribution in [0.2, 0.25) is 0 Å². The first-order chi connectivity index (χ1) is 8.83. The van der Waals surface area contributed by atoms with E-state index in [1.807, 2.05) is 0 Å². The summed E-state index contributed by atoms with van der Waals surface area (Å²) in [6, 6.07) is 0. The Morgan fingerprint density at radius 3 is 0.810 bits per heavy atom. The van der Waals surface area contributed by atoms with Crippen molar-refractivity contribution in [3.63, 3.8) is 0 Å². The maximum absolute atomic E-state index is 8.00. The first-order valence-electron chi connectivity index (χ1n) is 5.56. The van der Waals surface area contributed by atoms with Gasteiger partial charge in [0.25, 0.3) is 0 Å². The van der Waals surface area contributed by atoms with Crippen molar-refractivity contribution in [1.29, 1.82) is 0 Å². The summed E-state index contributed by atoms with van der Waals surface area (Å²) in [5.41, 5.74) is 0. The van der Waals surface area contributed by atoms with Crippen LogP contribution in [0.3, 0.4) is 0 Å². The Hall–Kier alpha value is -0.604. The van der Waals surface area contributed by atoms with E-state index in [0.717, 1.165) is 63.0 Å². The zero-order valence-corrected chi connectivity index (χ0v) is 13.2. The molecule has 0 unspecified atom stereocenters. The van der Waals surface area contributed by atoms with Crippen LogP contribution >= 0.6 is 0 Å². The van der Waals surface area contributed by atoms with Crippen LogP contribution in [0.25, 0.3) is 0 Å². The van der Waals surface area contributed by atoms with Crippen molar-refractivity contribution in [3.05, 3.63) is 20.2 Å². The third kappa shape index (κ3) is 45.2. The number of rotatable bonds is 0. The molecule has 6 N–H and O–H groups in total. The Labute approximate surface area is 139 Å². The van der Waals surface area contributed by atoms with Crippen LogP contribution in [0, 0.1) is 20.2 Å². The molecule has 0 aliphatic carbocycles. The Morgan fingerprint density at radius 1 is 0.619 bits per heavy atom. The zero-order chi connectivity index (χ0) is 13.9. The number of nitrogens with zero attached hydrogens (tertiary/aromatic N) is 2. The summed E-state index contributed by atoms with van der Waals surface area (Å²) in [5, 5.41) is 31.4. The number of halogens is 1. The van der Waals surface area contributed by atoms with Crippen LogP contribution in [-0.4, -0.2) is 57.8 Å². The van der Waals surface area contributed by atoms with Crippen LogP contribution in [0.5, 0.6) is 0 Å². The molecule has 21 heavy (non-hydrogen) atoms. The minimum Gasteiger partial charge on any atom is -1.00 e. The van der Waals surface area contributed by atoms with Gasteiger partial charge in [-0.25, -0.2) is 0 Å². The Balaban J connectivity index is -0.0000000830. The molecule has 1 aliphatic rings. The van der Waals surface area contributed by atoms with Gasteiger partial charge in [-0.2, -0.15) is 0 Å². The molecule has 130 valence electrons. The van der Waals surface area contributed by atoms with Gasteiger partial charge in [0, 0.05) is 52.4 Å². The molecule has 0 spiro atoms. The van der Waals surface area contributed by atoms with E-state index in [0.29, 0.717) is 0 Å². The van der Waals surface area contributed by atoms with E-state index in [4.69, 9.17) is 20.2 Å². The van der Waals surface area contributed by atoms with Gasteiger partial charge in [0.1, 0.15) is 0 Å². The minimum absolute atomic E-state index is 0. The average molecular weight is 377 g/mol. The van der Waals surface area contributed by atoms with Gasteiger partial charge in [-0.05, 0) is 0 Å². The largest absolute Gasteiger partial charge is 3.00 e. The molecule has 0 bridgehead atoms. The molecule has 0 radical (unpaired) electrons. The van der Waals surface area contributed by atoms with E-state index in [2.05, 4.69) is 21.3 Å². The fourth-order valence-electron chi connectivity index (χ4n) is 1.21. The Bertz CT molecular complexity index is 138. The predicted molar refractivity (Wildman–Crippen MR) is 73.4 cm³/mol. The zero-order valence-electron chi connectivity index (χ0n) is 11.4. The van der Waals surface area contributed by atoms with Crippen molar-refractivity contribution in [2.45, 2.75) is 0 Å². The van der Waals surface area contributed by atoms with Gasteiger partial charge in [-0.1, -0.05) is 0 Å². The number of nitrogens with one attached hydrogen (secondary N) is 4. The molecule has 1 fully saturated rings. The molecule has 0 aromatic heterocycles. The maximum Gasteiger partial charge on any atom is 3.00 e. The van der Waals surface area contributed by atoms with Crippen LogP contribution < -0.4 is 33.7 Å². The Morgan fingerprint density at radius 2 is 0.714 bits per heavy atom. The van der Waals surface area contributed by atoms with Gasteiger partial charge in [-0.3, -0.25) is 0 Å². The van der Waals surface area contributed by atoms with E-state index in [-0.39, 0.29) is 34.7 Å². The molecule has 1 heterocycles. The SMILES string of the molecule is C1CNCCNCCNCCN1.O.O=N[O-].O=N[O-].[Cl-].[Co+3]. The van der Waals surface area contributed by atoms with Gasteiger partial charge in [0.15, 0.2) is 0 Å². The summed E-state index contributed by atoms with van der Waals surface area (Å²) in [4.78, 5) is 16.0. The second-order valence-electron chi connectivity index (χ2n) is 3.15. The van der Waals surface area contributed by atoms with E-state index in [1.54, 1.807) is 0 Å². The molecular formula is C8H22ClCoN6O5. The normalized spacial score (nSPS) is 14.9. The number of hydrogen-bond acceptors (Lipinski definition) is 10. The summed E-state index contributed by atoms with van der Waals surface area (Å²) >= 11 is 0. The molecule has 0 aromatic carbocycles. The number of hydrogen-bond donors (Lipinski definition) is 4. The predicted octanol–water partition coefficient (Wildman–Crippen LogP) is -4.96. The first-order valence-corrected chi connectivity index (χ1v) is 5.56. The molecular weight excluding hydrogens is 355 g/mol. The molecule has 13 heteroatoms. The van der Waals surface area contributed by atoms with Crippen molar-refractivity contribution in [3.8, 4) is 0 Å². The van der Waals surface area contributed by atoms with E-state index in [1.165, 1.54) is 0 Å². The third-order valence-corrected chi connectivity index (χ3v) is 1.91. The monoisotopic (exact) mass is 376 g/mol. The van der Waals surface area contributed by atoms with Gasteiger partial charge in [0.05, 0.1) is 0 Å². The minimum atomic E-state index is 0. The molecule has 0 aromatic rings. The standard InChI is InChI=1S/C8H20N4.ClH.Co.2HNO2.H2O/c1-2-10-5-6-12-8-7-11-4-3-9-1;;;2*2-1-3;/h9-12H,1-8H2;1H;;2*(H,2,3);1H2/q;;+3;;;/p-3. The molecule has 0 amide bonds. The summed E-state index contributed by atoms with van der Waals surface area (Å²) in [7, 11) is 0. The topological polar surface area (TPSA) is 185 Å². The fourth-order valence-corrected chi connectivity index (χ4v) is 1.21. The van der Waals surface area contributed by atoms with Crippen molar-refractivity contribution in [1.82, 2.24) is 21.3 Å². The van der Waals surface area contributed by atoms with Gasteiger partial charge in [0.2, 0.25) is 0 Å². The van der Waals surface area contributed by atoms with Gasteiger partial charge in [-0.15, -0.1) is 10.7 Å².